The van der Waals surface area contributed by atoms with Crippen LogP contribution >= 0.6 is 0 Å². The Balaban J connectivity index is 1.88. The van der Waals surface area contributed by atoms with Gasteiger partial charge in [0, 0.05) is 24.3 Å². The normalized spacial score (nSPS) is 24.4. The number of aliphatic hydroxyl groups is 3. The van der Waals surface area contributed by atoms with Crippen LogP contribution < -0.4 is 4.74 Å². The van der Waals surface area contributed by atoms with Crippen LogP contribution in [0.2, 0.25) is 0 Å². The number of unbranched alkanes of at least 4 members (excludes halogenated alkanes) is 3. The summed E-state index contributed by atoms with van der Waals surface area (Å²) in [6.45, 7) is 0. The molecule has 0 aliphatic heterocycles. The Bertz CT molecular complexity index is 762. The highest BCUT2D eigenvalue weighted by molar-refractivity contribution is 5.66. The maximum Gasteiger partial charge on any atom is 0.303 e. The van der Waals surface area contributed by atoms with E-state index >= 15 is 0 Å². The summed E-state index contributed by atoms with van der Waals surface area (Å²) in [7, 11) is 1.58. The minimum atomic E-state index is -0.974. The van der Waals surface area contributed by atoms with Gasteiger partial charge in [-0.25, -0.2) is 0 Å². The first-order chi connectivity index (χ1) is 14.4. The average Bonchev–Trinajstić information content (AvgIpc) is 2.99. The lowest BCUT2D eigenvalue weighted by molar-refractivity contribution is -0.137. The Hall–Kier alpha value is -2.33. The van der Waals surface area contributed by atoms with E-state index in [-0.39, 0.29) is 18.3 Å². The van der Waals surface area contributed by atoms with E-state index < -0.39 is 24.3 Å². The highest BCUT2D eigenvalue weighted by Crippen LogP contribution is 2.37. The molecule has 1 saturated carbocycles. The van der Waals surface area contributed by atoms with Crippen molar-refractivity contribution in [2.45, 2.75) is 63.3 Å². The lowest BCUT2D eigenvalue weighted by Gasteiger charge is -2.20. The van der Waals surface area contributed by atoms with Gasteiger partial charge in [-0.1, -0.05) is 43.2 Å². The fraction of sp³-hybridized carbons (Fsp3) is 0.542. The van der Waals surface area contributed by atoms with Gasteiger partial charge in [0.1, 0.15) is 11.9 Å². The molecule has 6 heteroatoms. The number of hydrogen-bond acceptors (Lipinski definition) is 5. The molecule has 30 heavy (non-hydrogen) atoms. The Kier molecular flexibility index (Phi) is 9.88. The maximum atomic E-state index is 10.5. The summed E-state index contributed by atoms with van der Waals surface area (Å²) < 4.78 is 5.15. The highest BCUT2D eigenvalue weighted by Gasteiger charge is 2.39. The molecule has 0 radical (unpaired) electrons. The zero-order valence-electron chi connectivity index (χ0n) is 17.4. The van der Waals surface area contributed by atoms with E-state index in [0.29, 0.717) is 18.6 Å². The second-order valence-electron chi connectivity index (χ2n) is 7.79. The van der Waals surface area contributed by atoms with E-state index in [0.717, 1.165) is 31.2 Å². The Labute approximate surface area is 178 Å². The van der Waals surface area contributed by atoms with Crippen molar-refractivity contribution in [2.24, 2.45) is 11.8 Å². The van der Waals surface area contributed by atoms with E-state index in [1.165, 1.54) is 0 Å². The second-order valence-corrected chi connectivity index (χ2v) is 7.79. The van der Waals surface area contributed by atoms with Crippen LogP contribution in [0.4, 0.5) is 0 Å². The summed E-state index contributed by atoms with van der Waals surface area (Å²) >= 11 is 0. The first-order valence-electron chi connectivity index (χ1n) is 10.5. The van der Waals surface area contributed by atoms with Crippen molar-refractivity contribution in [3.63, 3.8) is 0 Å². The van der Waals surface area contributed by atoms with Crippen molar-refractivity contribution in [3.8, 4) is 17.6 Å². The van der Waals surface area contributed by atoms with Crippen LogP contribution in [0.15, 0.2) is 36.4 Å². The lowest BCUT2D eigenvalue weighted by Crippen LogP contribution is -2.21. The fourth-order valence-corrected chi connectivity index (χ4v) is 3.93. The molecule has 4 N–H and O–H groups in total. The van der Waals surface area contributed by atoms with Crippen LogP contribution in [0, 0.1) is 23.7 Å². The van der Waals surface area contributed by atoms with E-state index in [2.05, 4.69) is 11.8 Å². The number of aliphatic carboxylic acids is 1. The van der Waals surface area contributed by atoms with Gasteiger partial charge in [-0.15, -0.1) is 0 Å². The number of rotatable bonds is 10. The topological polar surface area (TPSA) is 107 Å². The Morgan fingerprint density at radius 2 is 2.00 bits per heavy atom. The Morgan fingerprint density at radius 1 is 1.23 bits per heavy atom. The zero-order valence-corrected chi connectivity index (χ0v) is 17.4. The molecule has 1 aliphatic rings. The molecule has 164 valence electrons. The fourth-order valence-electron chi connectivity index (χ4n) is 3.93. The molecule has 0 spiro atoms. The SMILES string of the molecule is COc1cccc(C#C[C@H](O)/C=C/[C@@H]2[C@@H](CCCCCCC(=O)O)[C@@H](O)C[C@H]2O)c1. The molecule has 1 aromatic carbocycles. The van der Waals surface area contributed by atoms with Crippen LogP contribution in [-0.4, -0.2) is 51.8 Å². The maximum absolute atomic E-state index is 10.5. The molecule has 0 bridgehead atoms. The van der Waals surface area contributed by atoms with Gasteiger partial charge < -0.3 is 25.2 Å². The third kappa shape index (κ3) is 7.83. The largest absolute Gasteiger partial charge is 0.497 e. The quantitative estimate of drug-likeness (QED) is 0.265. The van der Waals surface area contributed by atoms with E-state index in [4.69, 9.17) is 9.84 Å². The molecular weight excluding hydrogens is 384 g/mol. The van der Waals surface area contributed by atoms with Crippen LogP contribution in [0.25, 0.3) is 0 Å². The molecule has 0 aromatic heterocycles. The third-order valence-electron chi connectivity index (χ3n) is 5.54. The number of benzene rings is 1. The van der Waals surface area contributed by atoms with E-state index in [9.17, 15) is 20.1 Å². The highest BCUT2D eigenvalue weighted by atomic mass is 16.5. The molecule has 5 atom stereocenters. The summed E-state index contributed by atoms with van der Waals surface area (Å²) in [6.07, 6.45) is 5.68. The average molecular weight is 417 g/mol. The number of hydrogen-bond donors (Lipinski definition) is 4. The predicted molar refractivity (Wildman–Crippen MR) is 114 cm³/mol. The van der Waals surface area contributed by atoms with Crippen molar-refractivity contribution >= 4 is 5.97 Å². The minimum Gasteiger partial charge on any atom is -0.497 e. The van der Waals surface area contributed by atoms with Crippen LogP contribution in [-0.2, 0) is 4.79 Å². The molecule has 6 nitrogen and oxygen atoms in total. The number of carboxylic acids is 1. The van der Waals surface area contributed by atoms with Crippen LogP contribution in [0.3, 0.4) is 0 Å². The third-order valence-corrected chi connectivity index (χ3v) is 5.54. The monoisotopic (exact) mass is 416 g/mol. The van der Waals surface area contributed by atoms with Crippen molar-refractivity contribution in [1.82, 2.24) is 0 Å². The first-order valence-corrected chi connectivity index (χ1v) is 10.5. The molecule has 0 heterocycles. The summed E-state index contributed by atoms with van der Waals surface area (Å²) in [6, 6.07) is 7.26. The molecule has 2 rings (SSSR count). The minimum absolute atomic E-state index is 0.0748. The summed E-state index contributed by atoms with van der Waals surface area (Å²) in [4.78, 5) is 10.5. The van der Waals surface area contributed by atoms with Crippen molar-refractivity contribution < 1.29 is 30.0 Å². The zero-order chi connectivity index (χ0) is 21.9. The molecule has 0 amide bonds. The van der Waals surface area contributed by atoms with Gasteiger partial charge in [-0.05, 0) is 43.0 Å². The van der Waals surface area contributed by atoms with Gasteiger partial charge >= 0.3 is 5.97 Å². The molecule has 0 unspecified atom stereocenters. The predicted octanol–water partition coefficient (Wildman–Crippen LogP) is 2.75. The molecule has 1 fully saturated rings. The molecule has 0 saturated heterocycles. The molecular formula is C24H32O6. The van der Waals surface area contributed by atoms with Gasteiger partial charge in [0.25, 0.3) is 0 Å². The van der Waals surface area contributed by atoms with Crippen molar-refractivity contribution in [3.05, 3.63) is 42.0 Å². The summed E-state index contributed by atoms with van der Waals surface area (Å²) in [5.74, 6) is 5.28. The van der Waals surface area contributed by atoms with Crippen molar-refractivity contribution in [2.75, 3.05) is 7.11 Å². The summed E-state index contributed by atoms with van der Waals surface area (Å²) in [5, 5.41) is 39.4. The number of carbonyl (C=O) groups is 1. The van der Waals surface area contributed by atoms with Crippen molar-refractivity contribution in [1.29, 1.82) is 0 Å². The lowest BCUT2D eigenvalue weighted by atomic mass is 9.88. The van der Waals surface area contributed by atoms with Gasteiger partial charge in [0.2, 0.25) is 0 Å². The molecule has 1 aliphatic carbocycles. The number of methoxy groups -OCH3 is 1. The standard InChI is InChI=1S/C24H32O6/c1-30-19-8-6-7-17(15-19)11-12-18(25)13-14-21-20(22(26)16-23(21)27)9-4-2-3-5-10-24(28)29/h6-8,13-15,18,20-23,25-27H,2-5,9-10,16H2,1H3,(H,28,29)/b14-13+/t18-,20+,21+,22-,23+/m0/s1. The molecule has 1 aromatic rings. The smallest absolute Gasteiger partial charge is 0.303 e. The number of carboxylic acid groups (broad SMARTS) is 1. The van der Waals surface area contributed by atoms with E-state index in [1.54, 1.807) is 25.3 Å². The van der Waals surface area contributed by atoms with Gasteiger partial charge in [0.15, 0.2) is 0 Å². The first kappa shape index (κ1) is 23.9. The summed E-state index contributed by atoms with van der Waals surface area (Å²) in [5.41, 5.74) is 0.735. The van der Waals surface area contributed by atoms with E-state index in [1.807, 2.05) is 18.2 Å². The van der Waals surface area contributed by atoms with Gasteiger partial charge in [-0.3, -0.25) is 4.79 Å². The second kappa shape index (κ2) is 12.4. The Morgan fingerprint density at radius 3 is 2.73 bits per heavy atom. The van der Waals surface area contributed by atoms with Gasteiger partial charge in [-0.2, -0.15) is 0 Å². The number of aliphatic hydroxyl groups excluding tert-OH is 3. The van der Waals surface area contributed by atoms with Crippen LogP contribution in [0.1, 0.15) is 50.5 Å². The van der Waals surface area contributed by atoms with Gasteiger partial charge in [0.05, 0.1) is 19.3 Å². The van der Waals surface area contributed by atoms with Crippen LogP contribution in [0.5, 0.6) is 5.75 Å². The number of ether oxygens (including phenoxy) is 1.